The fraction of sp³-hybridized carbons (Fsp3) is 0.881. The molecule has 0 aromatic carbocycles. The van der Waals surface area contributed by atoms with Crippen LogP contribution in [0.2, 0.25) is 0 Å². The number of rotatable bonds is 38. The fourth-order valence-corrected chi connectivity index (χ4v) is 6.52. The van der Waals surface area contributed by atoms with Crippen molar-refractivity contribution in [2.45, 2.75) is 231 Å². The molecule has 8 heteroatoms. The van der Waals surface area contributed by atoms with Crippen LogP contribution in [0.4, 0.5) is 0 Å². The first kappa shape index (κ1) is 48.1. The Morgan fingerprint density at radius 2 is 0.980 bits per heavy atom. The monoisotopic (exact) mass is 709 g/mol. The first-order valence-corrected chi connectivity index (χ1v) is 21.1. The third kappa shape index (κ3) is 29.8. The number of nitrogens with two attached hydrogens (primary N) is 1. The van der Waals surface area contributed by atoms with E-state index in [1.165, 1.54) is 128 Å². The molecule has 3 unspecified atom stereocenters. The molecule has 50 heavy (non-hydrogen) atoms. The van der Waals surface area contributed by atoms with Crippen LogP contribution in [0.1, 0.15) is 213 Å². The molecule has 1 amide bonds. The molecule has 0 heterocycles. The number of ether oxygens (including phenoxy) is 1. The molecular formula is C42H80N2O6. The molecule has 0 aliphatic heterocycles. The van der Waals surface area contributed by atoms with Crippen molar-refractivity contribution in [1.29, 1.82) is 0 Å². The van der Waals surface area contributed by atoms with E-state index in [-0.39, 0.29) is 18.4 Å². The van der Waals surface area contributed by atoms with Crippen LogP contribution < -0.4 is 11.1 Å². The van der Waals surface area contributed by atoms with Crippen molar-refractivity contribution in [2.24, 2.45) is 5.73 Å². The average molecular weight is 709 g/mol. The molecule has 0 aromatic rings. The van der Waals surface area contributed by atoms with E-state index in [4.69, 9.17) is 10.5 Å². The summed E-state index contributed by atoms with van der Waals surface area (Å²) in [5, 5.41) is 22.7. The number of aliphatic hydroxyl groups is 1. The molecule has 0 spiro atoms. The summed E-state index contributed by atoms with van der Waals surface area (Å²) in [5.41, 5.74) is 5.55. The zero-order valence-corrected chi connectivity index (χ0v) is 32.7. The second kappa shape index (κ2) is 35.5. The average Bonchev–Trinajstić information content (AvgIpc) is 3.09. The smallest absolute Gasteiger partial charge is 0.336 e. The van der Waals surface area contributed by atoms with E-state index in [0.717, 1.165) is 38.5 Å². The number of carbonyl (C=O) groups excluding carboxylic acids is 2. The Hall–Kier alpha value is -1.93. The van der Waals surface area contributed by atoms with Gasteiger partial charge in [-0.2, -0.15) is 0 Å². The van der Waals surface area contributed by atoms with Crippen LogP contribution in [0.25, 0.3) is 0 Å². The Bertz CT molecular complexity index is 835. The van der Waals surface area contributed by atoms with Crippen LogP contribution in [0, 0.1) is 0 Å². The molecule has 0 rings (SSSR count). The molecule has 0 aliphatic rings. The molecule has 294 valence electrons. The summed E-state index contributed by atoms with van der Waals surface area (Å²) in [5.74, 6) is -2.26. The van der Waals surface area contributed by atoms with Gasteiger partial charge in [-0.3, -0.25) is 4.79 Å². The Kier molecular flexibility index (Phi) is 34.1. The van der Waals surface area contributed by atoms with Crippen molar-refractivity contribution in [3.8, 4) is 0 Å². The minimum absolute atomic E-state index is 0.0195. The predicted octanol–water partition coefficient (Wildman–Crippen LogP) is 10.5. The lowest BCUT2D eigenvalue weighted by molar-refractivity contribution is -0.149. The van der Waals surface area contributed by atoms with Gasteiger partial charge < -0.3 is 26.0 Å². The molecule has 0 aromatic heterocycles. The Morgan fingerprint density at radius 1 is 0.600 bits per heavy atom. The topological polar surface area (TPSA) is 139 Å². The van der Waals surface area contributed by atoms with Gasteiger partial charge in [-0.1, -0.05) is 181 Å². The van der Waals surface area contributed by atoms with Gasteiger partial charge in [0.05, 0.1) is 18.1 Å². The highest BCUT2D eigenvalue weighted by molar-refractivity contribution is 5.89. The zero-order chi connectivity index (χ0) is 37.1. The normalized spacial score (nSPS) is 13.1. The molecule has 0 fully saturated rings. The van der Waals surface area contributed by atoms with E-state index in [1.54, 1.807) is 0 Å². The van der Waals surface area contributed by atoms with Gasteiger partial charge in [-0.25, -0.2) is 9.59 Å². The number of aliphatic hydroxyl groups excluding tert-OH is 1. The summed E-state index contributed by atoms with van der Waals surface area (Å²) in [6.45, 7) is 8.66. The lowest BCUT2D eigenvalue weighted by Gasteiger charge is -2.21. The number of esters is 1. The van der Waals surface area contributed by atoms with Gasteiger partial charge in [-0.05, 0) is 38.6 Å². The van der Waals surface area contributed by atoms with Crippen LogP contribution in [0.5, 0.6) is 0 Å². The van der Waals surface area contributed by atoms with E-state index < -0.39 is 36.1 Å². The number of carboxylic acid groups (broad SMARTS) is 1. The predicted molar refractivity (Wildman–Crippen MR) is 208 cm³/mol. The highest BCUT2D eigenvalue weighted by Gasteiger charge is 2.26. The number of nitrogens with one attached hydrogen (secondary N) is 1. The Balaban J connectivity index is 4.57. The van der Waals surface area contributed by atoms with Gasteiger partial charge in [0.2, 0.25) is 5.91 Å². The third-order valence-electron chi connectivity index (χ3n) is 9.89. The van der Waals surface area contributed by atoms with Crippen molar-refractivity contribution in [3.63, 3.8) is 0 Å². The van der Waals surface area contributed by atoms with Gasteiger partial charge in [0.15, 0.2) is 0 Å². The lowest BCUT2D eigenvalue weighted by Crippen LogP contribution is -2.42. The van der Waals surface area contributed by atoms with Gasteiger partial charge in [0, 0.05) is 0 Å². The van der Waals surface area contributed by atoms with Gasteiger partial charge in [0.25, 0.3) is 0 Å². The SMILES string of the molecule is C=C(C(=O)OC(CCCCCCCCCCCCCCC)CC(=O)NC(CCCN)C(=O)O)C(O)CCCCCCCCCCCCCCC. The highest BCUT2D eigenvalue weighted by Crippen LogP contribution is 2.19. The van der Waals surface area contributed by atoms with Crippen molar-refractivity contribution >= 4 is 17.8 Å². The third-order valence-corrected chi connectivity index (χ3v) is 9.89. The van der Waals surface area contributed by atoms with Gasteiger partial charge in [0.1, 0.15) is 12.1 Å². The van der Waals surface area contributed by atoms with E-state index in [1.807, 2.05) is 0 Å². The van der Waals surface area contributed by atoms with Gasteiger partial charge >= 0.3 is 11.9 Å². The molecule has 0 saturated carbocycles. The van der Waals surface area contributed by atoms with Crippen LogP contribution in [0.15, 0.2) is 12.2 Å². The molecule has 0 bridgehead atoms. The summed E-state index contributed by atoms with van der Waals surface area (Å²) in [6.07, 6.45) is 31.8. The summed E-state index contributed by atoms with van der Waals surface area (Å²) in [6, 6.07) is -1.03. The molecular weight excluding hydrogens is 628 g/mol. The minimum Gasteiger partial charge on any atom is -0.480 e. The number of carbonyl (C=O) groups is 3. The zero-order valence-electron chi connectivity index (χ0n) is 32.7. The first-order valence-electron chi connectivity index (χ1n) is 21.1. The highest BCUT2D eigenvalue weighted by atomic mass is 16.5. The van der Waals surface area contributed by atoms with Crippen molar-refractivity contribution in [1.82, 2.24) is 5.32 Å². The second-order valence-electron chi connectivity index (χ2n) is 14.7. The maximum atomic E-state index is 13.0. The van der Waals surface area contributed by atoms with Crippen molar-refractivity contribution < 1.29 is 29.3 Å². The van der Waals surface area contributed by atoms with Crippen molar-refractivity contribution in [2.75, 3.05) is 6.54 Å². The van der Waals surface area contributed by atoms with Crippen molar-refractivity contribution in [3.05, 3.63) is 12.2 Å². The number of unbranched alkanes of at least 4 members (excludes halogenated alkanes) is 24. The minimum atomic E-state index is -1.11. The molecule has 5 N–H and O–H groups in total. The number of amides is 1. The summed E-state index contributed by atoms with van der Waals surface area (Å²) < 4.78 is 5.73. The molecule has 0 radical (unpaired) electrons. The summed E-state index contributed by atoms with van der Waals surface area (Å²) in [7, 11) is 0. The van der Waals surface area contributed by atoms with Crippen LogP contribution >= 0.6 is 0 Å². The molecule has 8 nitrogen and oxygen atoms in total. The number of hydrogen-bond acceptors (Lipinski definition) is 6. The lowest BCUT2D eigenvalue weighted by atomic mass is 10.0. The first-order chi connectivity index (χ1) is 24.3. The summed E-state index contributed by atoms with van der Waals surface area (Å²) in [4.78, 5) is 37.5. The number of hydrogen-bond donors (Lipinski definition) is 4. The van der Waals surface area contributed by atoms with E-state index in [2.05, 4.69) is 25.7 Å². The summed E-state index contributed by atoms with van der Waals surface area (Å²) >= 11 is 0. The number of aliphatic carboxylic acids is 1. The van der Waals surface area contributed by atoms with Crippen LogP contribution in [-0.2, 0) is 19.1 Å². The Morgan fingerprint density at radius 3 is 1.36 bits per heavy atom. The van der Waals surface area contributed by atoms with E-state index in [9.17, 15) is 24.6 Å². The maximum Gasteiger partial charge on any atom is 0.336 e. The molecule has 3 atom stereocenters. The quantitative estimate of drug-likeness (QED) is 0.0284. The largest absolute Gasteiger partial charge is 0.480 e. The standard InChI is InChI=1S/C42H80N2O6/c1-4-6-8-10-12-14-16-18-20-22-24-26-28-31-37(35-40(46)44-38(41(47)48)32-30-34-43)50-42(49)36(3)39(45)33-29-27-25-23-21-19-17-15-13-11-9-7-5-2/h37-39,45H,3-35,43H2,1-2H3,(H,44,46)(H,47,48). The van der Waals surface area contributed by atoms with Gasteiger partial charge in [-0.15, -0.1) is 0 Å². The molecule has 0 aliphatic carbocycles. The second-order valence-corrected chi connectivity index (χ2v) is 14.7. The van der Waals surface area contributed by atoms with E-state index in [0.29, 0.717) is 25.8 Å². The maximum absolute atomic E-state index is 13.0. The van der Waals surface area contributed by atoms with Crippen LogP contribution in [0.3, 0.4) is 0 Å². The van der Waals surface area contributed by atoms with E-state index >= 15 is 0 Å². The molecule has 0 saturated heterocycles. The fourth-order valence-electron chi connectivity index (χ4n) is 6.52. The number of carboxylic acids is 1. The Labute approximate surface area is 307 Å². The van der Waals surface area contributed by atoms with Crippen LogP contribution in [-0.4, -0.2) is 52.9 Å².